The van der Waals surface area contributed by atoms with Gasteiger partial charge in [-0.3, -0.25) is 0 Å². The van der Waals surface area contributed by atoms with Gasteiger partial charge in [-0.05, 0) is 13.8 Å². The molecule has 1 heterocycles. The van der Waals surface area contributed by atoms with E-state index in [9.17, 15) is 0 Å². The van der Waals surface area contributed by atoms with Crippen molar-refractivity contribution in [3.8, 4) is 0 Å². The molecule has 0 saturated heterocycles. The molecule has 0 amide bonds. The van der Waals surface area contributed by atoms with Crippen LogP contribution < -0.4 is 0 Å². The maximum absolute atomic E-state index is 5.15. The van der Waals surface area contributed by atoms with Crippen LogP contribution in [0, 0.1) is 0 Å². The molecular formula is C8H11NO2. The van der Waals surface area contributed by atoms with Gasteiger partial charge in [0.1, 0.15) is 5.76 Å². The minimum Gasteiger partial charge on any atom is -0.478 e. The highest BCUT2D eigenvalue weighted by Gasteiger charge is 1.96. The zero-order valence-electron chi connectivity index (χ0n) is 6.70. The van der Waals surface area contributed by atoms with Crippen molar-refractivity contribution >= 4 is 5.90 Å². The predicted octanol–water partition coefficient (Wildman–Crippen LogP) is 1.83. The molecule has 0 N–H and O–H groups in total. The van der Waals surface area contributed by atoms with Crippen LogP contribution in [0.4, 0.5) is 0 Å². The van der Waals surface area contributed by atoms with Crippen LogP contribution in [0.25, 0.3) is 0 Å². The molecule has 0 aromatic heterocycles. The van der Waals surface area contributed by atoms with E-state index in [2.05, 4.69) is 4.99 Å². The summed E-state index contributed by atoms with van der Waals surface area (Å²) in [4.78, 5) is 4.01. The molecule has 0 spiro atoms. The average Bonchev–Trinajstić information content (AvgIpc) is 2.17. The Morgan fingerprint density at radius 1 is 1.64 bits per heavy atom. The highest BCUT2D eigenvalue weighted by Crippen LogP contribution is 2.02. The van der Waals surface area contributed by atoms with E-state index in [1.165, 1.54) is 0 Å². The molecule has 3 heteroatoms. The summed E-state index contributed by atoms with van der Waals surface area (Å²) < 4.78 is 10.2. The van der Waals surface area contributed by atoms with Crippen molar-refractivity contribution < 1.29 is 9.47 Å². The van der Waals surface area contributed by atoms with E-state index in [-0.39, 0.29) is 0 Å². The number of ether oxygens (including phenoxy) is 2. The molecule has 60 valence electrons. The van der Waals surface area contributed by atoms with E-state index in [0.29, 0.717) is 12.5 Å². The van der Waals surface area contributed by atoms with E-state index in [1.807, 2.05) is 13.8 Å². The Bertz CT molecular complexity index is 216. The van der Waals surface area contributed by atoms with Crippen molar-refractivity contribution in [2.45, 2.75) is 13.8 Å². The number of nitrogens with zero attached hydrogens (tertiary/aromatic N) is 1. The standard InChI is InChI=1S/C8H11NO2/c1-3-10-8-4-5-11-7(2)6-9-8/h4-6H,3H2,1-2H3. The third-order valence-electron chi connectivity index (χ3n) is 1.13. The monoisotopic (exact) mass is 153 g/mol. The Balaban J connectivity index is 2.64. The van der Waals surface area contributed by atoms with Gasteiger partial charge in [-0.15, -0.1) is 0 Å². The van der Waals surface area contributed by atoms with Crippen molar-refractivity contribution in [2.75, 3.05) is 6.61 Å². The molecule has 0 bridgehead atoms. The lowest BCUT2D eigenvalue weighted by Gasteiger charge is -1.97. The Hall–Kier alpha value is -1.25. The van der Waals surface area contributed by atoms with Gasteiger partial charge in [0.25, 0.3) is 0 Å². The van der Waals surface area contributed by atoms with Gasteiger partial charge in [-0.2, -0.15) is 0 Å². The molecule has 0 aromatic carbocycles. The summed E-state index contributed by atoms with van der Waals surface area (Å²) in [5.41, 5.74) is 0. The SMILES string of the molecule is CCOC1=NC=C(C)OC=C1. The molecule has 1 rings (SSSR count). The Kier molecular flexibility index (Phi) is 2.72. The van der Waals surface area contributed by atoms with E-state index >= 15 is 0 Å². The highest BCUT2D eigenvalue weighted by molar-refractivity contribution is 5.88. The molecule has 0 fully saturated rings. The van der Waals surface area contributed by atoms with E-state index in [4.69, 9.17) is 9.47 Å². The van der Waals surface area contributed by atoms with Crippen molar-refractivity contribution in [1.29, 1.82) is 0 Å². The average molecular weight is 153 g/mol. The van der Waals surface area contributed by atoms with Crippen LogP contribution in [0.1, 0.15) is 13.8 Å². The van der Waals surface area contributed by atoms with Crippen molar-refractivity contribution in [1.82, 2.24) is 0 Å². The smallest absolute Gasteiger partial charge is 0.216 e. The fraction of sp³-hybridized carbons (Fsp3) is 0.375. The molecule has 0 radical (unpaired) electrons. The number of rotatable bonds is 1. The second-order valence-electron chi connectivity index (χ2n) is 2.06. The zero-order valence-corrected chi connectivity index (χ0v) is 6.70. The first-order valence-corrected chi connectivity index (χ1v) is 3.53. The van der Waals surface area contributed by atoms with Gasteiger partial charge in [0, 0.05) is 6.08 Å². The van der Waals surface area contributed by atoms with Gasteiger partial charge in [0.15, 0.2) is 0 Å². The maximum Gasteiger partial charge on any atom is 0.216 e. The number of hydrogen-bond donors (Lipinski definition) is 0. The van der Waals surface area contributed by atoms with E-state index in [1.54, 1.807) is 18.5 Å². The van der Waals surface area contributed by atoms with Gasteiger partial charge < -0.3 is 9.47 Å². The normalized spacial score (nSPS) is 16.2. The van der Waals surface area contributed by atoms with Crippen LogP contribution in [-0.4, -0.2) is 12.5 Å². The van der Waals surface area contributed by atoms with Crippen molar-refractivity contribution in [3.63, 3.8) is 0 Å². The summed E-state index contributed by atoms with van der Waals surface area (Å²) in [6, 6.07) is 0. The fourth-order valence-electron chi connectivity index (χ4n) is 0.661. The second kappa shape index (κ2) is 3.81. The molecule has 11 heavy (non-hydrogen) atoms. The van der Waals surface area contributed by atoms with E-state index in [0.717, 1.165) is 5.76 Å². The van der Waals surface area contributed by atoms with E-state index < -0.39 is 0 Å². The molecule has 0 aromatic rings. The fourth-order valence-corrected chi connectivity index (χ4v) is 0.661. The molecule has 3 nitrogen and oxygen atoms in total. The molecular weight excluding hydrogens is 142 g/mol. The number of aliphatic imine (C=N–C) groups is 1. The van der Waals surface area contributed by atoms with Gasteiger partial charge in [-0.25, -0.2) is 4.99 Å². The lowest BCUT2D eigenvalue weighted by molar-refractivity contribution is 0.328. The van der Waals surface area contributed by atoms with Crippen LogP contribution in [0.15, 0.2) is 29.3 Å². The van der Waals surface area contributed by atoms with Gasteiger partial charge in [0.05, 0.1) is 19.1 Å². The Morgan fingerprint density at radius 3 is 3.18 bits per heavy atom. The molecule has 0 atom stereocenters. The predicted molar refractivity (Wildman–Crippen MR) is 43.0 cm³/mol. The quantitative estimate of drug-likeness (QED) is 0.575. The minimum absolute atomic E-state index is 0.587. The molecule has 1 aliphatic rings. The van der Waals surface area contributed by atoms with Crippen LogP contribution in [-0.2, 0) is 9.47 Å². The van der Waals surface area contributed by atoms with Crippen LogP contribution in [0.2, 0.25) is 0 Å². The molecule has 0 aliphatic carbocycles. The molecule has 1 aliphatic heterocycles. The third kappa shape index (κ3) is 2.45. The topological polar surface area (TPSA) is 30.8 Å². The highest BCUT2D eigenvalue weighted by atomic mass is 16.5. The summed E-state index contributed by atoms with van der Waals surface area (Å²) >= 11 is 0. The van der Waals surface area contributed by atoms with Crippen LogP contribution in [0.3, 0.4) is 0 Å². The number of hydrogen-bond acceptors (Lipinski definition) is 3. The van der Waals surface area contributed by atoms with Gasteiger partial charge in [-0.1, -0.05) is 0 Å². The summed E-state index contributed by atoms with van der Waals surface area (Å²) in [5.74, 6) is 1.35. The first-order chi connectivity index (χ1) is 5.33. The lowest BCUT2D eigenvalue weighted by Crippen LogP contribution is -1.98. The van der Waals surface area contributed by atoms with Crippen LogP contribution >= 0.6 is 0 Å². The minimum atomic E-state index is 0.587. The lowest BCUT2D eigenvalue weighted by atomic mass is 10.6. The largest absolute Gasteiger partial charge is 0.478 e. The van der Waals surface area contributed by atoms with Crippen LogP contribution in [0.5, 0.6) is 0 Å². The Labute approximate surface area is 66.0 Å². The third-order valence-corrected chi connectivity index (χ3v) is 1.13. The molecule has 0 saturated carbocycles. The summed E-state index contributed by atoms with van der Waals surface area (Å²) in [6.45, 7) is 4.37. The zero-order chi connectivity index (χ0) is 8.10. The van der Waals surface area contributed by atoms with Gasteiger partial charge >= 0.3 is 0 Å². The first kappa shape index (κ1) is 7.85. The summed E-state index contributed by atoms with van der Waals surface area (Å²) in [7, 11) is 0. The van der Waals surface area contributed by atoms with Gasteiger partial charge in [0.2, 0.25) is 5.90 Å². The maximum atomic E-state index is 5.15. The van der Waals surface area contributed by atoms with Crippen molar-refractivity contribution in [2.24, 2.45) is 4.99 Å². The van der Waals surface area contributed by atoms with Crippen molar-refractivity contribution in [3.05, 3.63) is 24.3 Å². The summed E-state index contributed by atoms with van der Waals surface area (Å²) in [5, 5.41) is 0. The Morgan fingerprint density at radius 2 is 2.45 bits per heavy atom. The first-order valence-electron chi connectivity index (χ1n) is 3.53. The number of allylic oxidation sites excluding steroid dienone is 1. The molecule has 0 unspecified atom stereocenters. The second-order valence-corrected chi connectivity index (χ2v) is 2.06. The summed E-state index contributed by atoms with van der Waals surface area (Å²) in [6.07, 6.45) is 4.88.